The number of urea groups is 1. The van der Waals surface area contributed by atoms with Crippen LogP contribution >= 0.6 is 11.8 Å². The number of ether oxygens (including phenoxy) is 1. The third-order valence-corrected chi connectivity index (χ3v) is 5.35. The summed E-state index contributed by atoms with van der Waals surface area (Å²) in [6.07, 6.45) is 0.00633. The fourth-order valence-electron chi connectivity index (χ4n) is 2.58. The lowest BCUT2D eigenvalue weighted by Crippen LogP contribution is -2.49. The average Bonchev–Trinajstić information content (AvgIpc) is 2.95. The smallest absolute Gasteiger partial charge is 0.330 e. The summed E-state index contributed by atoms with van der Waals surface area (Å²) in [6.45, 7) is 3.31. The van der Waals surface area contributed by atoms with Gasteiger partial charge in [-0.3, -0.25) is 14.9 Å². The number of rotatable bonds is 3. The number of carbonyl (C=O) groups is 4. The Hall–Kier alpha value is -1.77. The molecule has 22 heavy (non-hydrogen) atoms. The van der Waals surface area contributed by atoms with Gasteiger partial charge in [0.05, 0.1) is 4.87 Å². The van der Waals surface area contributed by atoms with Crippen molar-refractivity contribution < 1.29 is 23.9 Å². The number of thioether (sulfide) groups is 1. The molecule has 2 heterocycles. The Kier molecular flexibility index (Phi) is 4.64. The van der Waals surface area contributed by atoms with Crippen LogP contribution in [0, 0.1) is 0 Å². The molecule has 0 aromatic carbocycles. The predicted octanol–water partition coefficient (Wildman–Crippen LogP) is -0.172. The number of nitrogens with one attached hydrogen (secondary N) is 2. The maximum absolute atomic E-state index is 12.2. The lowest BCUT2D eigenvalue weighted by atomic mass is 10.2. The van der Waals surface area contributed by atoms with Gasteiger partial charge >= 0.3 is 12.0 Å². The third-order valence-electron chi connectivity index (χ3n) is 3.84. The highest BCUT2D eigenvalue weighted by atomic mass is 32.2. The Balaban J connectivity index is 1.96. The van der Waals surface area contributed by atoms with E-state index < -0.39 is 30.1 Å². The first-order chi connectivity index (χ1) is 10.3. The lowest BCUT2D eigenvalue weighted by Gasteiger charge is -2.29. The Bertz CT molecular complexity index is 526. The van der Waals surface area contributed by atoms with Crippen LogP contribution in [-0.4, -0.2) is 58.5 Å². The van der Waals surface area contributed by atoms with Gasteiger partial charge in [0.2, 0.25) is 5.91 Å². The van der Waals surface area contributed by atoms with E-state index in [-0.39, 0.29) is 10.8 Å². The van der Waals surface area contributed by atoms with Gasteiger partial charge in [-0.25, -0.2) is 9.59 Å². The maximum Gasteiger partial charge on any atom is 0.330 e. The van der Waals surface area contributed by atoms with Gasteiger partial charge in [-0.2, -0.15) is 0 Å². The molecule has 2 aliphatic rings. The number of hydrogen-bond acceptors (Lipinski definition) is 6. The predicted molar refractivity (Wildman–Crippen MR) is 78.9 cm³/mol. The van der Waals surface area contributed by atoms with Crippen LogP contribution in [0.4, 0.5) is 4.79 Å². The first kappa shape index (κ1) is 16.6. The second-order valence-electron chi connectivity index (χ2n) is 5.41. The second kappa shape index (κ2) is 6.15. The Morgan fingerprint density at radius 1 is 1.45 bits per heavy atom. The van der Waals surface area contributed by atoms with Gasteiger partial charge in [-0.1, -0.05) is 0 Å². The second-order valence-corrected chi connectivity index (χ2v) is 6.91. The molecule has 2 aliphatic heterocycles. The number of hydrogen-bond donors (Lipinski definition) is 2. The minimum absolute atomic E-state index is 0.0723. The van der Waals surface area contributed by atoms with Crippen molar-refractivity contribution in [3.8, 4) is 0 Å². The van der Waals surface area contributed by atoms with Gasteiger partial charge < -0.3 is 15.0 Å². The van der Waals surface area contributed by atoms with E-state index in [1.54, 1.807) is 16.7 Å². The molecule has 0 aliphatic carbocycles. The zero-order chi connectivity index (χ0) is 16.5. The molecule has 3 atom stereocenters. The minimum atomic E-state index is -1.11. The van der Waals surface area contributed by atoms with Crippen LogP contribution in [0.2, 0.25) is 0 Å². The van der Waals surface area contributed by atoms with Gasteiger partial charge in [0.25, 0.3) is 5.91 Å². The van der Waals surface area contributed by atoms with Gasteiger partial charge in [-0.15, -0.1) is 11.8 Å². The molecule has 2 fully saturated rings. The molecule has 2 N–H and O–H groups in total. The van der Waals surface area contributed by atoms with Crippen LogP contribution in [-0.2, 0) is 19.1 Å². The number of amides is 4. The summed E-state index contributed by atoms with van der Waals surface area (Å²) in [5.41, 5.74) is 0. The van der Waals surface area contributed by atoms with Crippen molar-refractivity contribution in [2.24, 2.45) is 0 Å². The van der Waals surface area contributed by atoms with Crippen molar-refractivity contribution in [2.45, 2.75) is 43.7 Å². The molecule has 2 saturated heterocycles. The van der Waals surface area contributed by atoms with Crippen LogP contribution in [0.1, 0.15) is 26.7 Å². The van der Waals surface area contributed by atoms with Crippen LogP contribution in [0.5, 0.6) is 0 Å². The maximum atomic E-state index is 12.2. The van der Waals surface area contributed by atoms with E-state index in [9.17, 15) is 19.2 Å². The standard InChI is InChI=1S/C13H19N3O5S/c1-7(10(18)15-12(20)14-3)21-11(19)8-6-22-13(2)5-4-9(17)16(8)13/h7-8H,4-6H2,1-3H3,(H2,14,15,18,20)/t7-,8-,13+/m1/s1. The van der Waals surface area contributed by atoms with E-state index in [0.29, 0.717) is 18.6 Å². The summed E-state index contributed by atoms with van der Waals surface area (Å²) in [7, 11) is 1.37. The lowest BCUT2D eigenvalue weighted by molar-refractivity contribution is -0.161. The highest BCUT2D eigenvalue weighted by Crippen LogP contribution is 2.47. The van der Waals surface area contributed by atoms with Gasteiger partial charge in [0.1, 0.15) is 6.04 Å². The SMILES string of the molecule is CNC(=O)NC(=O)[C@@H](C)OC(=O)[C@H]1CS[C@@]2(C)CCC(=O)N12. The molecule has 2 rings (SSSR count). The van der Waals surface area contributed by atoms with Crippen LogP contribution in [0.25, 0.3) is 0 Å². The van der Waals surface area contributed by atoms with E-state index in [2.05, 4.69) is 5.32 Å². The van der Waals surface area contributed by atoms with E-state index >= 15 is 0 Å². The van der Waals surface area contributed by atoms with Crippen molar-refractivity contribution in [3.05, 3.63) is 0 Å². The van der Waals surface area contributed by atoms with Crippen molar-refractivity contribution >= 4 is 35.6 Å². The van der Waals surface area contributed by atoms with E-state index in [0.717, 1.165) is 0 Å². The number of imide groups is 1. The van der Waals surface area contributed by atoms with Crippen LogP contribution < -0.4 is 10.6 Å². The topological polar surface area (TPSA) is 105 Å². The molecule has 0 aromatic heterocycles. The first-order valence-electron chi connectivity index (χ1n) is 6.97. The number of esters is 1. The van der Waals surface area contributed by atoms with Gasteiger partial charge in [0.15, 0.2) is 6.10 Å². The summed E-state index contributed by atoms with van der Waals surface area (Å²) in [5, 5.41) is 4.27. The molecule has 8 nitrogen and oxygen atoms in total. The zero-order valence-electron chi connectivity index (χ0n) is 12.7. The molecule has 0 radical (unpaired) electrons. The first-order valence-corrected chi connectivity index (χ1v) is 7.96. The minimum Gasteiger partial charge on any atom is -0.451 e. The molecule has 122 valence electrons. The van der Waals surface area contributed by atoms with E-state index in [1.807, 2.05) is 12.2 Å². The molecule has 0 saturated carbocycles. The Morgan fingerprint density at radius 2 is 2.14 bits per heavy atom. The molecule has 0 unspecified atom stereocenters. The largest absolute Gasteiger partial charge is 0.451 e. The molecule has 0 aromatic rings. The molecule has 0 spiro atoms. The fourth-order valence-corrected chi connectivity index (χ4v) is 3.99. The van der Waals surface area contributed by atoms with Crippen molar-refractivity contribution in [1.82, 2.24) is 15.5 Å². The van der Waals surface area contributed by atoms with Crippen molar-refractivity contribution in [2.75, 3.05) is 12.8 Å². The number of nitrogens with zero attached hydrogens (tertiary/aromatic N) is 1. The number of fused-ring (bicyclic) bond motifs is 1. The molecule has 0 bridgehead atoms. The summed E-state index contributed by atoms with van der Waals surface area (Å²) >= 11 is 1.54. The van der Waals surface area contributed by atoms with E-state index in [1.165, 1.54) is 14.0 Å². The molecular weight excluding hydrogens is 310 g/mol. The summed E-state index contributed by atoms with van der Waals surface area (Å²) in [4.78, 5) is 48.1. The summed E-state index contributed by atoms with van der Waals surface area (Å²) in [5.74, 6) is -0.956. The fraction of sp³-hybridized carbons (Fsp3) is 0.692. The molecule has 4 amide bonds. The Morgan fingerprint density at radius 3 is 2.77 bits per heavy atom. The normalized spacial score (nSPS) is 28.0. The number of carbonyl (C=O) groups excluding carboxylic acids is 4. The van der Waals surface area contributed by atoms with Gasteiger partial charge in [-0.05, 0) is 20.3 Å². The van der Waals surface area contributed by atoms with Crippen LogP contribution in [0.15, 0.2) is 0 Å². The van der Waals surface area contributed by atoms with Crippen molar-refractivity contribution in [1.29, 1.82) is 0 Å². The average molecular weight is 329 g/mol. The Labute approximate surface area is 132 Å². The summed E-state index contributed by atoms with van der Waals surface area (Å²) in [6, 6.07) is -1.35. The van der Waals surface area contributed by atoms with E-state index in [4.69, 9.17) is 4.74 Å². The summed E-state index contributed by atoms with van der Waals surface area (Å²) < 4.78 is 5.10. The van der Waals surface area contributed by atoms with Crippen molar-refractivity contribution in [3.63, 3.8) is 0 Å². The zero-order valence-corrected chi connectivity index (χ0v) is 13.5. The highest BCUT2D eigenvalue weighted by Gasteiger charge is 2.53. The third kappa shape index (κ3) is 3.03. The van der Waals surface area contributed by atoms with Gasteiger partial charge in [0, 0.05) is 19.2 Å². The van der Waals surface area contributed by atoms with Crippen LogP contribution in [0.3, 0.4) is 0 Å². The molecular formula is C13H19N3O5S. The quantitative estimate of drug-likeness (QED) is 0.697. The monoisotopic (exact) mass is 329 g/mol. The molecule has 9 heteroatoms. The highest BCUT2D eigenvalue weighted by molar-refractivity contribution is 8.01.